The fourth-order valence-corrected chi connectivity index (χ4v) is 2.98. The van der Waals surface area contributed by atoms with Crippen LogP contribution in [0.5, 0.6) is 0 Å². The van der Waals surface area contributed by atoms with Crippen LogP contribution in [0.15, 0.2) is 59.0 Å². The van der Waals surface area contributed by atoms with Gasteiger partial charge >= 0.3 is 0 Å². The largest absolute Gasteiger partial charge is 0.463 e. The van der Waals surface area contributed by atoms with Gasteiger partial charge in [0.05, 0.1) is 0 Å². The van der Waals surface area contributed by atoms with Crippen LogP contribution in [0, 0.1) is 5.92 Å². The van der Waals surface area contributed by atoms with Crippen molar-refractivity contribution in [3.8, 4) is 0 Å². The first-order valence-electron chi connectivity index (χ1n) is 7.49. The van der Waals surface area contributed by atoms with Crippen molar-refractivity contribution >= 4 is 10.8 Å². The maximum Gasteiger partial charge on any atom is 0.137 e. The normalized spacial score (nSPS) is 22.4. The molecule has 0 spiro atoms. The van der Waals surface area contributed by atoms with E-state index in [1.54, 1.807) is 0 Å². The molecule has 0 bridgehead atoms. The van der Waals surface area contributed by atoms with Crippen molar-refractivity contribution in [3.63, 3.8) is 0 Å². The third-order valence-corrected chi connectivity index (χ3v) is 4.48. The zero-order valence-electron chi connectivity index (χ0n) is 12.0. The van der Waals surface area contributed by atoms with Gasteiger partial charge in [0.2, 0.25) is 0 Å². The summed E-state index contributed by atoms with van der Waals surface area (Å²) >= 11 is 0. The van der Waals surface area contributed by atoms with Gasteiger partial charge in [-0.05, 0) is 46.9 Å². The summed E-state index contributed by atoms with van der Waals surface area (Å²) < 4.78 is 5.86. The van der Waals surface area contributed by atoms with E-state index in [9.17, 15) is 5.11 Å². The molecule has 4 rings (SSSR count). The van der Waals surface area contributed by atoms with E-state index in [1.807, 2.05) is 42.5 Å². The molecular formula is C19H18O2. The molecule has 0 aliphatic heterocycles. The van der Waals surface area contributed by atoms with Gasteiger partial charge in [-0.1, -0.05) is 43.3 Å². The number of aliphatic hydroxyl groups excluding tert-OH is 1. The SMILES string of the molecule is CC1CC1c1ccc(C(O)c2ccc3ccccc3c2)o1. The summed E-state index contributed by atoms with van der Waals surface area (Å²) in [5.41, 5.74) is 0.874. The lowest BCUT2D eigenvalue weighted by Gasteiger charge is -2.09. The smallest absolute Gasteiger partial charge is 0.137 e. The third kappa shape index (κ3) is 2.26. The van der Waals surface area contributed by atoms with Crippen LogP contribution in [0.1, 0.15) is 42.5 Å². The Bertz CT molecular complexity index is 787. The van der Waals surface area contributed by atoms with Gasteiger partial charge in [-0.15, -0.1) is 0 Å². The summed E-state index contributed by atoms with van der Waals surface area (Å²) in [6.45, 7) is 2.23. The summed E-state index contributed by atoms with van der Waals surface area (Å²) in [6.07, 6.45) is 0.497. The van der Waals surface area contributed by atoms with Gasteiger partial charge in [-0.2, -0.15) is 0 Å². The van der Waals surface area contributed by atoms with Gasteiger partial charge in [0.1, 0.15) is 17.6 Å². The molecule has 0 saturated heterocycles. The second-order valence-electron chi connectivity index (χ2n) is 6.07. The van der Waals surface area contributed by atoms with Crippen LogP contribution in [0.25, 0.3) is 10.8 Å². The van der Waals surface area contributed by atoms with Gasteiger partial charge < -0.3 is 9.52 Å². The van der Waals surface area contributed by atoms with E-state index in [1.165, 1.54) is 11.8 Å². The van der Waals surface area contributed by atoms with Gasteiger partial charge in [-0.3, -0.25) is 0 Å². The van der Waals surface area contributed by atoms with Crippen LogP contribution >= 0.6 is 0 Å². The molecule has 1 aliphatic carbocycles. The number of furan rings is 1. The molecule has 2 nitrogen and oxygen atoms in total. The number of benzene rings is 2. The second-order valence-corrected chi connectivity index (χ2v) is 6.07. The van der Waals surface area contributed by atoms with Gasteiger partial charge in [0.25, 0.3) is 0 Å². The maximum atomic E-state index is 10.5. The molecule has 1 saturated carbocycles. The molecule has 2 heteroatoms. The number of hydrogen-bond donors (Lipinski definition) is 1. The molecule has 3 atom stereocenters. The van der Waals surface area contributed by atoms with E-state index in [-0.39, 0.29) is 0 Å². The zero-order valence-corrected chi connectivity index (χ0v) is 12.0. The zero-order chi connectivity index (χ0) is 14.4. The summed E-state index contributed by atoms with van der Waals surface area (Å²) in [4.78, 5) is 0. The minimum Gasteiger partial charge on any atom is -0.463 e. The summed E-state index contributed by atoms with van der Waals surface area (Å²) in [5.74, 6) is 2.90. The molecule has 3 unspecified atom stereocenters. The quantitative estimate of drug-likeness (QED) is 0.757. The number of aliphatic hydroxyl groups is 1. The molecule has 0 radical (unpaired) electrons. The maximum absolute atomic E-state index is 10.5. The van der Waals surface area contributed by atoms with Crippen molar-refractivity contribution in [1.29, 1.82) is 0 Å². The highest BCUT2D eigenvalue weighted by Gasteiger charge is 2.37. The summed E-state index contributed by atoms with van der Waals surface area (Å²) in [7, 11) is 0. The molecule has 1 fully saturated rings. The minimum absolute atomic E-state index is 0.544. The Morgan fingerprint density at radius 3 is 2.57 bits per heavy atom. The predicted octanol–water partition coefficient (Wildman–Crippen LogP) is 4.64. The van der Waals surface area contributed by atoms with E-state index in [0.717, 1.165) is 16.7 Å². The summed E-state index contributed by atoms with van der Waals surface area (Å²) in [6, 6.07) is 18.1. The lowest BCUT2D eigenvalue weighted by atomic mass is 10.0. The van der Waals surface area contributed by atoms with Crippen LogP contribution in [0.2, 0.25) is 0 Å². The molecule has 1 aromatic heterocycles. The fourth-order valence-electron chi connectivity index (χ4n) is 2.98. The number of rotatable bonds is 3. The molecule has 106 valence electrons. The Kier molecular flexibility index (Phi) is 2.86. The highest BCUT2D eigenvalue weighted by molar-refractivity contribution is 5.83. The van der Waals surface area contributed by atoms with E-state index < -0.39 is 6.10 Å². The van der Waals surface area contributed by atoms with Crippen LogP contribution in [-0.2, 0) is 0 Å². The lowest BCUT2D eigenvalue weighted by molar-refractivity contribution is 0.187. The average Bonchev–Trinajstić information content (AvgIpc) is 3.05. The standard InChI is InChI=1S/C19H18O2/c1-12-10-16(12)17-8-9-18(21-17)19(20)15-7-6-13-4-2-3-5-14(13)11-15/h2-9,11-12,16,19-20H,10H2,1H3. The first-order chi connectivity index (χ1) is 10.2. The molecule has 21 heavy (non-hydrogen) atoms. The highest BCUT2D eigenvalue weighted by atomic mass is 16.4. The Balaban J connectivity index is 1.65. The van der Waals surface area contributed by atoms with Crippen molar-refractivity contribution in [1.82, 2.24) is 0 Å². The molecule has 1 aliphatic rings. The van der Waals surface area contributed by atoms with E-state index >= 15 is 0 Å². The molecular weight excluding hydrogens is 260 g/mol. The molecule has 1 heterocycles. The van der Waals surface area contributed by atoms with E-state index in [0.29, 0.717) is 17.6 Å². The van der Waals surface area contributed by atoms with Crippen LogP contribution in [0.4, 0.5) is 0 Å². The van der Waals surface area contributed by atoms with Crippen molar-refractivity contribution in [2.75, 3.05) is 0 Å². The minimum atomic E-state index is -0.697. The average molecular weight is 278 g/mol. The van der Waals surface area contributed by atoms with Crippen molar-refractivity contribution in [2.24, 2.45) is 5.92 Å². The summed E-state index contributed by atoms with van der Waals surface area (Å²) in [5, 5.41) is 12.9. The topological polar surface area (TPSA) is 33.4 Å². The van der Waals surface area contributed by atoms with Gasteiger partial charge in [0, 0.05) is 5.92 Å². The molecule has 3 aromatic rings. The highest BCUT2D eigenvalue weighted by Crippen LogP contribution is 2.47. The van der Waals surface area contributed by atoms with Crippen molar-refractivity contribution < 1.29 is 9.52 Å². The first kappa shape index (κ1) is 12.7. The fraction of sp³-hybridized carbons (Fsp3) is 0.263. The van der Waals surface area contributed by atoms with E-state index in [2.05, 4.69) is 19.1 Å². The molecule has 1 N–H and O–H groups in total. The monoisotopic (exact) mass is 278 g/mol. The van der Waals surface area contributed by atoms with Crippen molar-refractivity contribution in [2.45, 2.75) is 25.4 Å². The lowest BCUT2D eigenvalue weighted by Crippen LogP contribution is -1.97. The Hall–Kier alpha value is -2.06. The Labute approximate surface area is 124 Å². The second kappa shape index (κ2) is 4.74. The number of fused-ring (bicyclic) bond motifs is 1. The van der Waals surface area contributed by atoms with Crippen LogP contribution < -0.4 is 0 Å². The molecule has 0 amide bonds. The Morgan fingerprint density at radius 2 is 1.81 bits per heavy atom. The Morgan fingerprint density at radius 1 is 1.05 bits per heavy atom. The third-order valence-electron chi connectivity index (χ3n) is 4.48. The number of hydrogen-bond acceptors (Lipinski definition) is 2. The van der Waals surface area contributed by atoms with Crippen LogP contribution in [0.3, 0.4) is 0 Å². The first-order valence-corrected chi connectivity index (χ1v) is 7.49. The van der Waals surface area contributed by atoms with E-state index in [4.69, 9.17) is 4.42 Å². The van der Waals surface area contributed by atoms with Gasteiger partial charge in [0.15, 0.2) is 0 Å². The molecule has 2 aromatic carbocycles. The van der Waals surface area contributed by atoms with Gasteiger partial charge in [-0.25, -0.2) is 0 Å². The van der Waals surface area contributed by atoms with Crippen molar-refractivity contribution in [3.05, 3.63) is 71.7 Å². The predicted molar refractivity (Wildman–Crippen MR) is 83.2 cm³/mol. The van der Waals surface area contributed by atoms with Crippen LogP contribution in [-0.4, -0.2) is 5.11 Å².